The third-order valence-electron chi connectivity index (χ3n) is 3.50. The van der Waals surface area contributed by atoms with Crippen LogP contribution in [0.2, 0.25) is 10.0 Å². The molecule has 0 spiro atoms. The van der Waals surface area contributed by atoms with E-state index < -0.39 is 5.97 Å². The fourth-order valence-corrected chi connectivity index (χ4v) is 3.23. The molecule has 0 amide bonds. The van der Waals surface area contributed by atoms with Crippen molar-refractivity contribution < 1.29 is 9.90 Å². The summed E-state index contributed by atoms with van der Waals surface area (Å²) in [6.07, 6.45) is 3.60. The average molecular weight is 296 g/mol. The van der Waals surface area contributed by atoms with Crippen molar-refractivity contribution in [1.29, 1.82) is 0 Å². The first-order valence-corrected chi connectivity index (χ1v) is 6.87. The molecular formula is C14H11Cl2NO2. The van der Waals surface area contributed by atoms with Gasteiger partial charge in [0.25, 0.3) is 0 Å². The van der Waals surface area contributed by atoms with Crippen molar-refractivity contribution in [3.63, 3.8) is 0 Å². The largest absolute Gasteiger partial charge is 0.478 e. The molecule has 5 heteroatoms. The predicted molar refractivity (Wildman–Crippen MR) is 75.4 cm³/mol. The lowest BCUT2D eigenvalue weighted by atomic mass is 9.90. The monoisotopic (exact) mass is 295 g/mol. The molecule has 19 heavy (non-hydrogen) atoms. The highest BCUT2D eigenvalue weighted by Gasteiger charge is 2.23. The van der Waals surface area contributed by atoms with Crippen molar-refractivity contribution in [3.05, 3.63) is 39.0 Å². The smallest absolute Gasteiger partial charge is 0.336 e. The molecule has 1 N–H and O–H groups in total. The number of hydrogen-bond donors (Lipinski definition) is 1. The number of aromatic nitrogens is 1. The number of aryl methyl sites for hydroxylation is 1. The van der Waals surface area contributed by atoms with E-state index in [9.17, 15) is 9.90 Å². The summed E-state index contributed by atoms with van der Waals surface area (Å²) in [4.78, 5) is 16.1. The topological polar surface area (TPSA) is 50.2 Å². The summed E-state index contributed by atoms with van der Waals surface area (Å²) < 4.78 is 0. The predicted octanol–water partition coefficient (Wildman–Crippen LogP) is 4.12. The van der Waals surface area contributed by atoms with Gasteiger partial charge in [-0.25, -0.2) is 4.79 Å². The molecule has 3 nitrogen and oxygen atoms in total. The molecule has 0 atom stereocenters. The van der Waals surface area contributed by atoms with Gasteiger partial charge in [0.05, 0.1) is 16.1 Å². The number of nitrogens with zero attached hydrogens (tertiary/aromatic N) is 1. The van der Waals surface area contributed by atoms with Crippen LogP contribution < -0.4 is 0 Å². The Morgan fingerprint density at radius 3 is 2.68 bits per heavy atom. The van der Waals surface area contributed by atoms with Crippen LogP contribution in [0.25, 0.3) is 10.9 Å². The number of halogens is 2. The number of aromatic carboxylic acids is 1. The number of hydrogen-bond acceptors (Lipinski definition) is 2. The zero-order chi connectivity index (χ0) is 13.6. The van der Waals surface area contributed by atoms with Crippen molar-refractivity contribution in [3.8, 4) is 0 Å². The van der Waals surface area contributed by atoms with Crippen LogP contribution in [0.5, 0.6) is 0 Å². The number of rotatable bonds is 1. The van der Waals surface area contributed by atoms with Crippen LogP contribution in [-0.4, -0.2) is 16.1 Å². The minimum atomic E-state index is -0.941. The van der Waals surface area contributed by atoms with E-state index in [1.807, 2.05) is 0 Å². The Labute approximate surface area is 120 Å². The molecule has 98 valence electrons. The van der Waals surface area contributed by atoms with Crippen molar-refractivity contribution in [2.24, 2.45) is 0 Å². The molecule has 0 saturated carbocycles. The highest BCUT2D eigenvalue weighted by atomic mass is 35.5. The van der Waals surface area contributed by atoms with Gasteiger partial charge in [-0.05, 0) is 43.4 Å². The Kier molecular flexibility index (Phi) is 3.11. The van der Waals surface area contributed by atoms with Gasteiger partial charge < -0.3 is 5.11 Å². The van der Waals surface area contributed by atoms with Gasteiger partial charge in [-0.3, -0.25) is 4.98 Å². The minimum Gasteiger partial charge on any atom is -0.478 e. The Balaban J connectivity index is 2.46. The maximum absolute atomic E-state index is 11.6. The molecule has 0 aliphatic heterocycles. The highest BCUT2D eigenvalue weighted by Crippen LogP contribution is 2.34. The van der Waals surface area contributed by atoms with E-state index >= 15 is 0 Å². The first-order chi connectivity index (χ1) is 9.08. The highest BCUT2D eigenvalue weighted by molar-refractivity contribution is 6.38. The van der Waals surface area contributed by atoms with Gasteiger partial charge >= 0.3 is 5.97 Å². The molecule has 1 aliphatic carbocycles. The molecule has 1 aliphatic rings. The maximum atomic E-state index is 11.6. The van der Waals surface area contributed by atoms with E-state index in [1.165, 1.54) is 0 Å². The van der Waals surface area contributed by atoms with E-state index in [0.29, 0.717) is 26.5 Å². The Morgan fingerprint density at radius 1 is 1.21 bits per heavy atom. The van der Waals surface area contributed by atoms with Crippen molar-refractivity contribution >= 4 is 40.1 Å². The number of carbonyl (C=O) groups is 1. The molecule has 1 heterocycles. The lowest BCUT2D eigenvalue weighted by Crippen LogP contribution is -2.13. The molecule has 0 bridgehead atoms. The fourth-order valence-electron chi connectivity index (χ4n) is 2.69. The van der Waals surface area contributed by atoms with Crippen LogP contribution in [0.4, 0.5) is 0 Å². The summed E-state index contributed by atoms with van der Waals surface area (Å²) in [6, 6.07) is 3.23. The van der Waals surface area contributed by atoms with Gasteiger partial charge in [-0.2, -0.15) is 0 Å². The Morgan fingerprint density at radius 2 is 1.95 bits per heavy atom. The maximum Gasteiger partial charge on any atom is 0.336 e. The molecule has 2 aromatic rings. The van der Waals surface area contributed by atoms with Crippen LogP contribution in [0, 0.1) is 0 Å². The minimum absolute atomic E-state index is 0.309. The first kappa shape index (κ1) is 12.7. The third-order valence-corrected chi connectivity index (χ3v) is 4.00. The van der Waals surface area contributed by atoms with Crippen molar-refractivity contribution in [1.82, 2.24) is 4.98 Å². The van der Waals surface area contributed by atoms with Gasteiger partial charge in [-0.15, -0.1) is 0 Å². The molecule has 0 fully saturated rings. The van der Waals surface area contributed by atoms with Crippen LogP contribution >= 0.6 is 23.2 Å². The van der Waals surface area contributed by atoms with E-state index in [4.69, 9.17) is 23.2 Å². The summed E-state index contributed by atoms with van der Waals surface area (Å²) in [7, 11) is 0. The molecule has 0 radical (unpaired) electrons. The summed E-state index contributed by atoms with van der Waals surface area (Å²) in [5.74, 6) is -0.941. The zero-order valence-corrected chi connectivity index (χ0v) is 11.6. The molecule has 1 aromatic carbocycles. The lowest BCUT2D eigenvalue weighted by Gasteiger charge is -2.19. The standard InChI is InChI=1S/C14H11Cl2NO2/c15-7-5-9-12(14(18)19)8-3-1-2-4-11(8)17-13(9)10(16)6-7/h5-6H,1-4H2,(H,18,19). The quantitative estimate of drug-likeness (QED) is 0.861. The normalized spacial score (nSPS) is 14.4. The number of carboxylic acid groups (broad SMARTS) is 1. The summed E-state index contributed by atoms with van der Waals surface area (Å²) in [5.41, 5.74) is 2.54. The lowest BCUT2D eigenvalue weighted by molar-refractivity contribution is 0.0697. The molecule has 3 rings (SSSR count). The second-order valence-electron chi connectivity index (χ2n) is 4.71. The van der Waals surface area contributed by atoms with E-state index in [0.717, 1.165) is 36.9 Å². The first-order valence-electron chi connectivity index (χ1n) is 6.11. The Hall–Kier alpha value is -1.32. The number of pyridine rings is 1. The van der Waals surface area contributed by atoms with Gasteiger partial charge in [-0.1, -0.05) is 23.2 Å². The summed E-state index contributed by atoms with van der Waals surface area (Å²) in [5, 5.41) is 10.9. The number of benzene rings is 1. The zero-order valence-electron chi connectivity index (χ0n) is 10.0. The average Bonchev–Trinajstić information content (AvgIpc) is 2.36. The molecule has 1 aromatic heterocycles. The van der Waals surface area contributed by atoms with E-state index in [-0.39, 0.29) is 0 Å². The molecular weight excluding hydrogens is 285 g/mol. The van der Waals surface area contributed by atoms with Crippen LogP contribution in [0.1, 0.15) is 34.5 Å². The number of fused-ring (bicyclic) bond motifs is 2. The third kappa shape index (κ3) is 2.07. The molecule has 0 saturated heterocycles. The van der Waals surface area contributed by atoms with Gasteiger partial charge in [0.2, 0.25) is 0 Å². The number of carboxylic acids is 1. The Bertz CT molecular complexity index is 698. The molecule has 0 unspecified atom stereocenters. The van der Waals surface area contributed by atoms with Crippen molar-refractivity contribution in [2.75, 3.05) is 0 Å². The summed E-state index contributed by atoms with van der Waals surface area (Å²) in [6.45, 7) is 0. The van der Waals surface area contributed by atoms with Crippen LogP contribution in [0.3, 0.4) is 0 Å². The van der Waals surface area contributed by atoms with Crippen molar-refractivity contribution in [2.45, 2.75) is 25.7 Å². The van der Waals surface area contributed by atoms with E-state index in [2.05, 4.69) is 4.98 Å². The van der Waals surface area contributed by atoms with Gasteiger partial charge in [0.1, 0.15) is 0 Å². The second-order valence-corrected chi connectivity index (χ2v) is 5.55. The second kappa shape index (κ2) is 4.66. The van der Waals surface area contributed by atoms with Gasteiger partial charge in [0.15, 0.2) is 0 Å². The van der Waals surface area contributed by atoms with Crippen LogP contribution in [-0.2, 0) is 12.8 Å². The van der Waals surface area contributed by atoms with E-state index in [1.54, 1.807) is 12.1 Å². The SMILES string of the molecule is O=C(O)c1c2c(nc3c(Cl)cc(Cl)cc13)CCCC2. The fraction of sp³-hybridized carbons (Fsp3) is 0.286. The van der Waals surface area contributed by atoms with Crippen LogP contribution in [0.15, 0.2) is 12.1 Å². The van der Waals surface area contributed by atoms with Gasteiger partial charge in [0, 0.05) is 16.1 Å². The summed E-state index contributed by atoms with van der Waals surface area (Å²) >= 11 is 12.1.